The van der Waals surface area contributed by atoms with Crippen molar-refractivity contribution in [2.24, 2.45) is 10.7 Å². The first-order chi connectivity index (χ1) is 14.1. The molecule has 0 saturated carbocycles. The van der Waals surface area contributed by atoms with Gasteiger partial charge in [-0.2, -0.15) is 10.2 Å². The number of fused-ring (bicyclic) bond motifs is 1. The van der Waals surface area contributed by atoms with Crippen molar-refractivity contribution >= 4 is 17.3 Å². The monoisotopic (exact) mass is 397 g/mol. The Labute approximate surface area is 169 Å². The van der Waals surface area contributed by atoms with Crippen molar-refractivity contribution < 1.29 is 10.2 Å². The molecule has 9 heteroatoms. The molecule has 1 unspecified atom stereocenters. The second kappa shape index (κ2) is 9.44. The topological polar surface area (TPSA) is 127 Å². The van der Waals surface area contributed by atoms with E-state index >= 15 is 0 Å². The van der Waals surface area contributed by atoms with Crippen molar-refractivity contribution in [3.05, 3.63) is 42.7 Å². The van der Waals surface area contributed by atoms with E-state index in [0.717, 1.165) is 29.6 Å². The quantitative estimate of drug-likeness (QED) is 0.472. The minimum Gasteiger partial charge on any atom is -0.404 e. The Morgan fingerprint density at radius 1 is 1.28 bits per heavy atom. The first-order valence-electron chi connectivity index (χ1n) is 9.71. The Kier molecular flexibility index (Phi) is 6.73. The van der Waals surface area contributed by atoms with Crippen molar-refractivity contribution in [3.63, 3.8) is 0 Å². The lowest BCUT2D eigenvalue weighted by Gasteiger charge is -2.12. The second-order valence-electron chi connectivity index (χ2n) is 6.77. The van der Waals surface area contributed by atoms with Gasteiger partial charge in [-0.3, -0.25) is 9.67 Å². The Balaban J connectivity index is 2.00. The van der Waals surface area contributed by atoms with Crippen LogP contribution in [0.25, 0.3) is 22.3 Å². The van der Waals surface area contributed by atoms with Crippen molar-refractivity contribution in [1.29, 1.82) is 0 Å². The number of hydrogen-bond donors (Lipinski definition) is 3. The molecular formula is C20H27N7O2. The van der Waals surface area contributed by atoms with E-state index in [1.165, 1.54) is 12.4 Å². The summed E-state index contributed by atoms with van der Waals surface area (Å²) in [6.07, 6.45) is 11.4. The van der Waals surface area contributed by atoms with Crippen LogP contribution in [0.4, 0.5) is 0 Å². The van der Waals surface area contributed by atoms with Gasteiger partial charge in [0.05, 0.1) is 60.8 Å². The SMILES string of the molecule is CCC(CC)n1cc(-c2nc(C(C=NCC(O)CO)=CN)cn3nccc23)cn1. The minimum absolute atomic E-state index is 0.0763. The summed E-state index contributed by atoms with van der Waals surface area (Å²) >= 11 is 0. The standard InChI is InChI=1S/C20H27N7O2/c1-3-16(4-2)26-11-15(9-24-26)20-19-5-6-23-27(19)12-18(25-20)14(7-21)8-22-10-17(29)13-28/h5-9,11-12,16-17,28-29H,3-4,10,13,21H2,1-2H3. The molecule has 9 nitrogen and oxygen atoms in total. The number of hydrogen-bond acceptors (Lipinski definition) is 7. The summed E-state index contributed by atoms with van der Waals surface area (Å²) in [6.45, 7) is 4.03. The molecule has 3 aromatic rings. The number of allylic oxidation sites excluding steroid dienone is 1. The average Bonchev–Trinajstić information content (AvgIpc) is 3.41. The van der Waals surface area contributed by atoms with Crippen LogP contribution in [-0.2, 0) is 0 Å². The molecule has 3 heterocycles. The highest BCUT2D eigenvalue weighted by molar-refractivity contribution is 6.09. The molecule has 0 aromatic carbocycles. The van der Waals surface area contributed by atoms with E-state index in [-0.39, 0.29) is 13.2 Å². The van der Waals surface area contributed by atoms with E-state index in [4.69, 9.17) is 15.8 Å². The number of nitrogens with zero attached hydrogens (tertiary/aromatic N) is 6. The van der Waals surface area contributed by atoms with Gasteiger partial charge < -0.3 is 15.9 Å². The molecule has 0 radical (unpaired) electrons. The zero-order valence-electron chi connectivity index (χ0n) is 16.7. The molecule has 0 bridgehead atoms. The fraction of sp³-hybridized carbons (Fsp3) is 0.400. The van der Waals surface area contributed by atoms with E-state index in [9.17, 15) is 5.11 Å². The number of nitrogens with two attached hydrogens (primary N) is 1. The summed E-state index contributed by atoms with van der Waals surface area (Å²) in [7, 11) is 0. The van der Waals surface area contributed by atoms with E-state index < -0.39 is 6.10 Å². The van der Waals surface area contributed by atoms with Gasteiger partial charge in [0.15, 0.2) is 0 Å². The lowest BCUT2D eigenvalue weighted by molar-refractivity contribution is 0.102. The average molecular weight is 397 g/mol. The van der Waals surface area contributed by atoms with Gasteiger partial charge in [0.25, 0.3) is 0 Å². The highest BCUT2D eigenvalue weighted by Crippen LogP contribution is 2.26. The van der Waals surface area contributed by atoms with Crippen molar-refractivity contribution in [1.82, 2.24) is 24.4 Å². The first kappa shape index (κ1) is 20.7. The molecule has 3 rings (SSSR count). The lowest BCUT2D eigenvalue weighted by Crippen LogP contribution is -2.15. The molecule has 3 aromatic heterocycles. The lowest BCUT2D eigenvalue weighted by atomic mass is 10.1. The summed E-state index contributed by atoms with van der Waals surface area (Å²) in [5.41, 5.74) is 9.48. The summed E-state index contributed by atoms with van der Waals surface area (Å²) in [4.78, 5) is 8.93. The van der Waals surface area contributed by atoms with Crippen LogP contribution in [0, 0.1) is 0 Å². The zero-order valence-corrected chi connectivity index (χ0v) is 16.7. The highest BCUT2D eigenvalue weighted by atomic mass is 16.3. The fourth-order valence-electron chi connectivity index (χ4n) is 3.13. The minimum atomic E-state index is -0.904. The molecule has 0 aliphatic heterocycles. The highest BCUT2D eigenvalue weighted by Gasteiger charge is 2.15. The molecule has 1 atom stereocenters. The van der Waals surface area contributed by atoms with E-state index in [0.29, 0.717) is 17.3 Å². The van der Waals surface area contributed by atoms with Crippen molar-refractivity contribution in [3.8, 4) is 11.3 Å². The molecular weight excluding hydrogens is 370 g/mol. The number of aliphatic imine (C=N–C) groups is 1. The van der Waals surface area contributed by atoms with E-state index in [1.54, 1.807) is 16.9 Å². The maximum absolute atomic E-state index is 9.45. The Bertz CT molecular complexity index is 1000. The van der Waals surface area contributed by atoms with Gasteiger partial charge in [0.1, 0.15) is 0 Å². The first-order valence-corrected chi connectivity index (χ1v) is 9.71. The second-order valence-corrected chi connectivity index (χ2v) is 6.77. The number of rotatable bonds is 9. The van der Waals surface area contributed by atoms with Crippen molar-refractivity contribution in [2.75, 3.05) is 13.2 Å². The van der Waals surface area contributed by atoms with Gasteiger partial charge in [-0.25, -0.2) is 9.50 Å². The van der Waals surface area contributed by atoms with Gasteiger partial charge in [-0.05, 0) is 18.9 Å². The largest absolute Gasteiger partial charge is 0.404 e. The van der Waals surface area contributed by atoms with Gasteiger partial charge in [0.2, 0.25) is 0 Å². The summed E-state index contributed by atoms with van der Waals surface area (Å²) < 4.78 is 3.72. The van der Waals surface area contributed by atoms with Crippen LogP contribution in [0.5, 0.6) is 0 Å². The van der Waals surface area contributed by atoms with Crippen LogP contribution in [0.3, 0.4) is 0 Å². The molecule has 0 aliphatic rings. The molecule has 0 aliphatic carbocycles. The normalized spacial score (nSPS) is 13.8. The maximum Gasteiger partial charge on any atom is 0.0999 e. The third-order valence-electron chi connectivity index (χ3n) is 4.81. The van der Waals surface area contributed by atoms with Crippen LogP contribution in [-0.4, -0.2) is 60.1 Å². The molecule has 154 valence electrons. The Morgan fingerprint density at radius 3 is 2.76 bits per heavy atom. The molecule has 29 heavy (non-hydrogen) atoms. The number of aliphatic hydroxyl groups excluding tert-OH is 2. The fourth-order valence-corrected chi connectivity index (χ4v) is 3.13. The molecule has 0 saturated heterocycles. The smallest absolute Gasteiger partial charge is 0.0999 e. The van der Waals surface area contributed by atoms with Gasteiger partial charge in [-0.15, -0.1) is 0 Å². The van der Waals surface area contributed by atoms with Gasteiger partial charge in [-0.1, -0.05) is 13.8 Å². The van der Waals surface area contributed by atoms with Crippen LogP contribution in [0.2, 0.25) is 0 Å². The number of aromatic nitrogens is 5. The third-order valence-corrected chi connectivity index (χ3v) is 4.81. The Hall–Kier alpha value is -3.04. The maximum atomic E-state index is 9.45. The molecule has 0 spiro atoms. The summed E-state index contributed by atoms with van der Waals surface area (Å²) in [5, 5.41) is 27.2. The van der Waals surface area contributed by atoms with Crippen LogP contribution < -0.4 is 5.73 Å². The summed E-state index contributed by atoms with van der Waals surface area (Å²) in [5.74, 6) is 0. The Morgan fingerprint density at radius 2 is 2.07 bits per heavy atom. The van der Waals surface area contributed by atoms with E-state index in [2.05, 4.69) is 29.0 Å². The predicted molar refractivity (Wildman–Crippen MR) is 112 cm³/mol. The zero-order chi connectivity index (χ0) is 20.8. The van der Waals surface area contributed by atoms with Crippen molar-refractivity contribution in [2.45, 2.75) is 38.8 Å². The molecule has 4 N–H and O–H groups in total. The van der Waals surface area contributed by atoms with Crippen LogP contribution in [0.15, 0.2) is 42.0 Å². The number of aliphatic hydroxyl groups is 2. The summed E-state index contributed by atoms with van der Waals surface area (Å²) in [6, 6.07) is 2.25. The van der Waals surface area contributed by atoms with Gasteiger partial charge in [0, 0.05) is 29.7 Å². The van der Waals surface area contributed by atoms with E-state index in [1.807, 2.05) is 23.1 Å². The molecule has 0 fully saturated rings. The third kappa shape index (κ3) is 4.52. The molecule has 0 amide bonds. The van der Waals surface area contributed by atoms with Crippen LogP contribution >= 0.6 is 0 Å². The van der Waals surface area contributed by atoms with Gasteiger partial charge >= 0.3 is 0 Å². The predicted octanol–water partition coefficient (Wildman–Crippen LogP) is 1.68. The van der Waals surface area contributed by atoms with Crippen LogP contribution in [0.1, 0.15) is 38.4 Å².